The van der Waals surface area contributed by atoms with Gasteiger partial charge >= 0.3 is 6.18 Å². The zero-order valence-electron chi connectivity index (χ0n) is 11.0. The van der Waals surface area contributed by atoms with Crippen molar-refractivity contribution in [2.75, 3.05) is 0 Å². The Morgan fingerprint density at radius 2 is 2.00 bits per heavy atom. The number of carbonyl (C=O) groups is 1. The zero-order valence-corrected chi connectivity index (χ0v) is 11.0. The summed E-state index contributed by atoms with van der Waals surface area (Å²) >= 11 is 0. The molecule has 0 radical (unpaired) electrons. The lowest BCUT2D eigenvalue weighted by Crippen LogP contribution is -2.12. The highest BCUT2D eigenvalue weighted by molar-refractivity contribution is 5.75. The fraction of sp³-hybridized carbons (Fsp3) is 0.286. The number of rotatable bonds is 3. The van der Waals surface area contributed by atoms with Gasteiger partial charge in [-0.15, -0.1) is 0 Å². The van der Waals surface area contributed by atoms with Gasteiger partial charge in [0.2, 0.25) is 0 Å². The first-order valence-electron chi connectivity index (χ1n) is 5.97. The van der Waals surface area contributed by atoms with E-state index in [1.165, 1.54) is 23.0 Å². The number of aryl methyl sites for hydroxylation is 2. The lowest BCUT2D eigenvalue weighted by Gasteiger charge is -2.13. The molecule has 1 aromatic carbocycles. The summed E-state index contributed by atoms with van der Waals surface area (Å²) in [6.07, 6.45) is -2.32. The predicted octanol–water partition coefficient (Wildman–Crippen LogP) is 3.38. The van der Waals surface area contributed by atoms with E-state index >= 15 is 0 Å². The van der Waals surface area contributed by atoms with Crippen molar-refractivity contribution >= 4 is 6.29 Å². The minimum absolute atomic E-state index is 0.0226. The van der Waals surface area contributed by atoms with Crippen LogP contribution < -0.4 is 0 Å². The highest BCUT2D eigenvalue weighted by atomic mass is 19.4. The third-order valence-electron chi connectivity index (χ3n) is 3.01. The summed E-state index contributed by atoms with van der Waals surface area (Å²) in [5, 5.41) is 4.05. The van der Waals surface area contributed by atoms with Gasteiger partial charge in [-0.1, -0.05) is 17.7 Å². The molecule has 0 N–H and O–H groups in total. The summed E-state index contributed by atoms with van der Waals surface area (Å²) in [6, 6.07) is 3.99. The monoisotopic (exact) mass is 282 g/mol. The van der Waals surface area contributed by atoms with Crippen LogP contribution in [-0.4, -0.2) is 16.1 Å². The first kappa shape index (κ1) is 14.3. The van der Waals surface area contributed by atoms with Crippen LogP contribution in [0, 0.1) is 13.8 Å². The van der Waals surface area contributed by atoms with Crippen LogP contribution in [0.4, 0.5) is 13.2 Å². The topological polar surface area (TPSA) is 34.9 Å². The maximum atomic E-state index is 12.9. The lowest BCUT2D eigenvalue weighted by molar-refractivity contribution is -0.138. The minimum atomic E-state index is -4.40. The number of aromatic nitrogens is 2. The molecule has 0 saturated heterocycles. The van der Waals surface area contributed by atoms with Crippen molar-refractivity contribution in [3.05, 3.63) is 52.3 Å². The minimum Gasteiger partial charge on any atom is -0.298 e. The number of nitrogens with zero attached hydrogens (tertiary/aromatic N) is 2. The number of benzene rings is 1. The van der Waals surface area contributed by atoms with Crippen molar-refractivity contribution in [1.82, 2.24) is 9.78 Å². The summed E-state index contributed by atoms with van der Waals surface area (Å²) in [4.78, 5) is 10.7. The van der Waals surface area contributed by atoms with Crippen LogP contribution >= 0.6 is 0 Å². The Bertz CT molecular complexity index is 644. The molecule has 0 aliphatic carbocycles. The van der Waals surface area contributed by atoms with E-state index in [1.54, 1.807) is 13.8 Å². The smallest absolute Gasteiger partial charge is 0.298 e. The van der Waals surface area contributed by atoms with Gasteiger partial charge in [0.25, 0.3) is 0 Å². The SMILES string of the molecule is Cc1ccc(C(F)(F)F)c(Cn2cc(C=O)c(C)n2)c1. The molecular formula is C14H13F3N2O. The number of carbonyl (C=O) groups excluding carboxylic acids is 1. The van der Waals surface area contributed by atoms with Crippen molar-refractivity contribution in [1.29, 1.82) is 0 Å². The van der Waals surface area contributed by atoms with E-state index in [-0.39, 0.29) is 12.1 Å². The van der Waals surface area contributed by atoms with E-state index in [4.69, 9.17) is 0 Å². The molecular weight excluding hydrogens is 269 g/mol. The molecule has 0 aliphatic rings. The second-order valence-corrected chi connectivity index (χ2v) is 4.64. The predicted molar refractivity (Wildman–Crippen MR) is 67.6 cm³/mol. The fourth-order valence-electron chi connectivity index (χ4n) is 2.03. The van der Waals surface area contributed by atoms with Crippen molar-refractivity contribution in [2.45, 2.75) is 26.6 Å². The van der Waals surface area contributed by atoms with Crippen LogP contribution in [0.25, 0.3) is 0 Å². The second kappa shape index (κ2) is 5.11. The first-order valence-corrected chi connectivity index (χ1v) is 5.97. The van der Waals surface area contributed by atoms with Crippen LogP contribution in [-0.2, 0) is 12.7 Å². The molecule has 6 heteroatoms. The highest BCUT2D eigenvalue weighted by Crippen LogP contribution is 2.32. The second-order valence-electron chi connectivity index (χ2n) is 4.64. The van der Waals surface area contributed by atoms with Crippen LogP contribution in [0.1, 0.15) is 32.7 Å². The molecule has 3 nitrogen and oxygen atoms in total. The molecule has 0 saturated carbocycles. The van der Waals surface area contributed by atoms with E-state index < -0.39 is 11.7 Å². The number of hydrogen-bond donors (Lipinski definition) is 0. The van der Waals surface area contributed by atoms with Gasteiger partial charge in [0, 0.05) is 6.20 Å². The number of aldehydes is 1. The van der Waals surface area contributed by atoms with Gasteiger partial charge < -0.3 is 0 Å². The van der Waals surface area contributed by atoms with Crippen LogP contribution in [0.15, 0.2) is 24.4 Å². The fourth-order valence-corrected chi connectivity index (χ4v) is 2.03. The first-order chi connectivity index (χ1) is 9.31. The molecule has 2 rings (SSSR count). The van der Waals surface area contributed by atoms with Crippen molar-refractivity contribution in [3.63, 3.8) is 0 Å². The normalized spacial score (nSPS) is 11.7. The summed E-state index contributed by atoms with van der Waals surface area (Å²) in [5.41, 5.74) is 1.08. The van der Waals surface area contributed by atoms with E-state index in [2.05, 4.69) is 5.10 Å². The number of hydrogen-bond acceptors (Lipinski definition) is 2. The van der Waals surface area contributed by atoms with E-state index in [0.29, 0.717) is 17.5 Å². The Hall–Kier alpha value is -2.11. The van der Waals surface area contributed by atoms with E-state index in [0.717, 1.165) is 11.6 Å². The average Bonchev–Trinajstić information content (AvgIpc) is 2.67. The summed E-state index contributed by atoms with van der Waals surface area (Å²) in [7, 11) is 0. The third kappa shape index (κ3) is 2.89. The molecule has 0 bridgehead atoms. The molecule has 2 aromatic rings. The molecule has 0 spiro atoms. The summed E-state index contributed by atoms with van der Waals surface area (Å²) < 4.78 is 40.2. The Morgan fingerprint density at radius 1 is 1.30 bits per heavy atom. The van der Waals surface area contributed by atoms with Gasteiger partial charge in [0.05, 0.1) is 23.4 Å². The molecule has 20 heavy (non-hydrogen) atoms. The van der Waals surface area contributed by atoms with Crippen LogP contribution in [0.2, 0.25) is 0 Å². The summed E-state index contributed by atoms with van der Waals surface area (Å²) in [5.74, 6) is 0. The third-order valence-corrected chi connectivity index (χ3v) is 3.01. The number of halogens is 3. The lowest BCUT2D eigenvalue weighted by atomic mass is 10.0. The van der Waals surface area contributed by atoms with Gasteiger partial charge in [-0.3, -0.25) is 9.48 Å². The van der Waals surface area contributed by atoms with Crippen molar-refractivity contribution < 1.29 is 18.0 Å². The largest absolute Gasteiger partial charge is 0.416 e. The van der Waals surface area contributed by atoms with Gasteiger partial charge in [-0.2, -0.15) is 18.3 Å². The van der Waals surface area contributed by atoms with Gasteiger partial charge in [0.15, 0.2) is 6.29 Å². The molecule has 0 amide bonds. The highest BCUT2D eigenvalue weighted by Gasteiger charge is 2.33. The summed E-state index contributed by atoms with van der Waals surface area (Å²) in [6.45, 7) is 3.35. The number of alkyl halides is 3. The molecule has 0 atom stereocenters. The molecule has 0 unspecified atom stereocenters. The van der Waals surface area contributed by atoms with Crippen molar-refractivity contribution in [3.8, 4) is 0 Å². The molecule has 1 aromatic heterocycles. The Morgan fingerprint density at radius 3 is 2.55 bits per heavy atom. The van der Waals surface area contributed by atoms with Crippen LogP contribution in [0.3, 0.4) is 0 Å². The Kier molecular flexibility index (Phi) is 3.65. The Balaban J connectivity index is 2.41. The van der Waals surface area contributed by atoms with Crippen molar-refractivity contribution in [2.24, 2.45) is 0 Å². The Labute approximate surface area is 114 Å². The molecule has 106 valence electrons. The maximum absolute atomic E-state index is 12.9. The standard InChI is InChI=1S/C14H13F3N2O/c1-9-3-4-13(14(15,16)17)11(5-9)6-19-7-12(8-20)10(2)18-19/h3-5,7-8H,6H2,1-2H3. The molecule has 0 fully saturated rings. The van der Waals surface area contributed by atoms with Gasteiger partial charge in [-0.25, -0.2) is 0 Å². The average molecular weight is 282 g/mol. The molecule has 0 aliphatic heterocycles. The van der Waals surface area contributed by atoms with Gasteiger partial charge in [0.1, 0.15) is 0 Å². The van der Waals surface area contributed by atoms with Crippen LogP contribution in [0.5, 0.6) is 0 Å². The van der Waals surface area contributed by atoms with Gasteiger partial charge in [-0.05, 0) is 25.5 Å². The van der Waals surface area contributed by atoms with E-state index in [9.17, 15) is 18.0 Å². The maximum Gasteiger partial charge on any atom is 0.416 e. The quantitative estimate of drug-likeness (QED) is 0.809. The molecule has 1 heterocycles. The zero-order chi connectivity index (χ0) is 14.9. The van der Waals surface area contributed by atoms with E-state index in [1.807, 2.05) is 0 Å².